The molecule has 5 heteroatoms. The Morgan fingerprint density at radius 2 is 2.10 bits per heavy atom. The second-order valence-corrected chi connectivity index (χ2v) is 6.09. The average molecular weight is 276 g/mol. The average Bonchev–Trinajstić information content (AvgIpc) is 2.87. The molecule has 1 aliphatic heterocycles. The maximum absolute atomic E-state index is 10.3. The molecule has 3 rings (SSSR count). The quantitative estimate of drug-likeness (QED) is 0.876. The molecule has 1 aromatic rings. The lowest BCUT2D eigenvalue weighted by Crippen LogP contribution is -2.42. The van der Waals surface area contributed by atoms with Crippen LogP contribution in [0.15, 0.2) is 12.3 Å². The van der Waals surface area contributed by atoms with Crippen LogP contribution in [0.2, 0.25) is 0 Å². The number of nitrogen functional groups attached to an aromatic ring is 1. The maximum atomic E-state index is 10.3. The van der Waals surface area contributed by atoms with E-state index in [1.807, 2.05) is 0 Å². The van der Waals surface area contributed by atoms with E-state index in [-0.39, 0.29) is 6.10 Å². The molecule has 3 N–H and O–H groups in total. The van der Waals surface area contributed by atoms with Gasteiger partial charge in [-0.25, -0.2) is 9.97 Å². The fraction of sp³-hybridized carbons (Fsp3) is 0.733. The van der Waals surface area contributed by atoms with E-state index in [1.54, 1.807) is 12.3 Å². The Morgan fingerprint density at radius 1 is 1.25 bits per heavy atom. The van der Waals surface area contributed by atoms with Crippen LogP contribution in [0.4, 0.5) is 5.82 Å². The molecule has 5 nitrogen and oxygen atoms in total. The van der Waals surface area contributed by atoms with E-state index < -0.39 is 0 Å². The Morgan fingerprint density at radius 3 is 2.90 bits per heavy atom. The Bertz CT molecular complexity index is 453. The third-order valence-corrected chi connectivity index (χ3v) is 4.76. The summed E-state index contributed by atoms with van der Waals surface area (Å²) in [5, 5.41) is 10.3. The maximum Gasteiger partial charge on any atom is 0.144 e. The van der Waals surface area contributed by atoms with Gasteiger partial charge in [0.25, 0.3) is 0 Å². The molecule has 1 saturated carbocycles. The topological polar surface area (TPSA) is 75.3 Å². The van der Waals surface area contributed by atoms with Gasteiger partial charge in [-0.2, -0.15) is 0 Å². The van der Waals surface area contributed by atoms with Crippen LogP contribution in [0.5, 0.6) is 0 Å². The van der Waals surface area contributed by atoms with Gasteiger partial charge in [0, 0.05) is 18.2 Å². The Labute approximate surface area is 120 Å². The van der Waals surface area contributed by atoms with Crippen LogP contribution in [0.25, 0.3) is 0 Å². The minimum Gasteiger partial charge on any atom is -0.393 e. The van der Waals surface area contributed by atoms with Crippen molar-refractivity contribution in [2.24, 2.45) is 5.92 Å². The molecule has 3 atom stereocenters. The van der Waals surface area contributed by atoms with Crippen LogP contribution in [0.1, 0.15) is 44.3 Å². The fourth-order valence-corrected chi connectivity index (χ4v) is 3.79. The highest BCUT2D eigenvalue weighted by molar-refractivity contribution is 5.25. The molecule has 2 fully saturated rings. The number of aliphatic hydroxyl groups is 1. The van der Waals surface area contributed by atoms with Gasteiger partial charge in [-0.15, -0.1) is 0 Å². The van der Waals surface area contributed by atoms with Crippen molar-refractivity contribution in [1.29, 1.82) is 0 Å². The summed E-state index contributed by atoms with van der Waals surface area (Å²) in [4.78, 5) is 11.0. The first-order chi connectivity index (χ1) is 9.74. The molecule has 0 unspecified atom stereocenters. The van der Waals surface area contributed by atoms with Crippen molar-refractivity contribution in [2.75, 3.05) is 12.3 Å². The summed E-state index contributed by atoms with van der Waals surface area (Å²) in [6, 6.07) is 2.20. The largest absolute Gasteiger partial charge is 0.393 e. The van der Waals surface area contributed by atoms with Crippen molar-refractivity contribution in [1.82, 2.24) is 14.9 Å². The number of aromatic nitrogens is 2. The third-order valence-electron chi connectivity index (χ3n) is 4.76. The monoisotopic (exact) mass is 276 g/mol. The summed E-state index contributed by atoms with van der Waals surface area (Å²) in [7, 11) is 0. The van der Waals surface area contributed by atoms with Gasteiger partial charge in [0.2, 0.25) is 0 Å². The van der Waals surface area contributed by atoms with Gasteiger partial charge in [0.05, 0.1) is 12.6 Å². The molecule has 0 aromatic carbocycles. The van der Waals surface area contributed by atoms with E-state index in [1.165, 1.54) is 25.7 Å². The lowest BCUT2D eigenvalue weighted by Gasteiger charge is -2.37. The van der Waals surface area contributed by atoms with Crippen LogP contribution in [-0.2, 0) is 6.54 Å². The second kappa shape index (κ2) is 6.06. The van der Waals surface area contributed by atoms with E-state index in [9.17, 15) is 5.11 Å². The standard InChI is InChI=1S/C15H24N4O/c16-14-7-8-17-15(18-14)10-19-9-3-5-12(19)11-4-1-2-6-13(11)20/h7-8,11-13,20H,1-6,9-10H2,(H2,16,17,18)/t11-,12-,13+/m1/s1. The summed E-state index contributed by atoms with van der Waals surface area (Å²) >= 11 is 0. The fourth-order valence-electron chi connectivity index (χ4n) is 3.79. The predicted molar refractivity (Wildman–Crippen MR) is 77.8 cm³/mol. The van der Waals surface area contributed by atoms with Gasteiger partial charge in [0.15, 0.2) is 0 Å². The molecule has 0 bridgehead atoms. The summed E-state index contributed by atoms with van der Waals surface area (Å²) in [5.74, 6) is 1.75. The third kappa shape index (κ3) is 2.94. The Balaban J connectivity index is 1.69. The number of hydrogen-bond acceptors (Lipinski definition) is 5. The second-order valence-electron chi connectivity index (χ2n) is 6.09. The van der Waals surface area contributed by atoms with Crippen molar-refractivity contribution in [3.63, 3.8) is 0 Å². The molecule has 1 saturated heterocycles. The van der Waals surface area contributed by atoms with Crippen LogP contribution >= 0.6 is 0 Å². The highest BCUT2D eigenvalue weighted by Crippen LogP contribution is 2.35. The number of hydrogen-bond donors (Lipinski definition) is 2. The van der Waals surface area contributed by atoms with Crippen LogP contribution in [0.3, 0.4) is 0 Å². The zero-order valence-electron chi connectivity index (χ0n) is 11.9. The van der Waals surface area contributed by atoms with Gasteiger partial charge < -0.3 is 10.8 Å². The first kappa shape index (κ1) is 13.8. The number of aliphatic hydroxyl groups excluding tert-OH is 1. The van der Waals surface area contributed by atoms with E-state index in [0.717, 1.165) is 31.8 Å². The van der Waals surface area contributed by atoms with Crippen molar-refractivity contribution in [3.05, 3.63) is 18.1 Å². The summed E-state index contributed by atoms with van der Waals surface area (Å²) in [6.07, 6.45) is 8.52. The molecule has 0 amide bonds. The van der Waals surface area contributed by atoms with Crippen LogP contribution < -0.4 is 5.73 Å². The zero-order valence-corrected chi connectivity index (χ0v) is 11.9. The van der Waals surface area contributed by atoms with Crippen molar-refractivity contribution < 1.29 is 5.11 Å². The molecule has 2 heterocycles. The van der Waals surface area contributed by atoms with Gasteiger partial charge in [0.1, 0.15) is 11.6 Å². The first-order valence-electron chi connectivity index (χ1n) is 7.73. The van der Waals surface area contributed by atoms with E-state index in [4.69, 9.17) is 5.73 Å². The lowest BCUT2D eigenvalue weighted by atomic mass is 9.80. The predicted octanol–water partition coefficient (Wildman–Crippen LogP) is 1.57. The Hall–Kier alpha value is -1.20. The minimum absolute atomic E-state index is 0.129. The molecule has 110 valence electrons. The zero-order chi connectivity index (χ0) is 13.9. The molecule has 0 spiro atoms. The van der Waals surface area contributed by atoms with E-state index >= 15 is 0 Å². The van der Waals surface area contributed by atoms with Crippen molar-refractivity contribution in [3.8, 4) is 0 Å². The van der Waals surface area contributed by atoms with Gasteiger partial charge in [-0.1, -0.05) is 12.8 Å². The molecule has 2 aliphatic rings. The van der Waals surface area contributed by atoms with Crippen LogP contribution in [0, 0.1) is 5.92 Å². The minimum atomic E-state index is -0.129. The highest BCUT2D eigenvalue weighted by atomic mass is 16.3. The lowest BCUT2D eigenvalue weighted by molar-refractivity contribution is 0.0195. The van der Waals surface area contributed by atoms with Crippen molar-refractivity contribution >= 4 is 5.82 Å². The summed E-state index contributed by atoms with van der Waals surface area (Å²) < 4.78 is 0. The molecule has 20 heavy (non-hydrogen) atoms. The van der Waals surface area contributed by atoms with Gasteiger partial charge in [-0.05, 0) is 38.3 Å². The Kier molecular flexibility index (Phi) is 4.17. The first-order valence-corrected chi connectivity index (χ1v) is 7.73. The van der Waals surface area contributed by atoms with Crippen molar-refractivity contribution in [2.45, 2.75) is 57.2 Å². The number of rotatable bonds is 3. The van der Waals surface area contributed by atoms with Crippen LogP contribution in [-0.4, -0.2) is 38.7 Å². The van der Waals surface area contributed by atoms with E-state index in [0.29, 0.717) is 17.8 Å². The smallest absolute Gasteiger partial charge is 0.144 e. The molecule has 1 aliphatic carbocycles. The number of likely N-dealkylation sites (tertiary alicyclic amines) is 1. The number of nitrogens with two attached hydrogens (primary N) is 1. The summed E-state index contributed by atoms with van der Waals surface area (Å²) in [5.41, 5.74) is 5.72. The molecule has 1 aromatic heterocycles. The SMILES string of the molecule is Nc1ccnc(CN2CCC[C@@H]2[C@H]2CCCC[C@@H]2O)n1. The molecule has 0 radical (unpaired) electrons. The highest BCUT2D eigenvalue weighted by Gasteiger charge is 2.36. The molecular formula is C15H24N4O. The molecular weight excluding hydrogens is 252 g/mol. The van der Waals surface area contributed by atoms with Gasteiger partial charge in [-0.3, -0.25) is 4.90 Å². The summed E-state index contributed by atoms with van der Waals surface area (Å²) in [6.45, 7) is 1.82. The van der Waals surface area contributed by atoms with E-state index in [2.05, 4.69) is 14.9 Å². The number of anilines is 1. The number of nitrogens with zero attached hydrogens (tertiary/aromatic N) is 3. The normalized spacial score (nSPS) is 31.6. The van der Waals surface area contributed by atoms with Gasteiger partial charge >= 0.3 is 0 Å².